The Labute approximate surface area is 176 Å². The van der Waals surface area contributed by atoms with Gasteiger partial charge in [0, 0.05) is 18.3 Å². The maximum Gasteiger partial charge on any atom is 0.410 e. The van der Waals surface area contributed by atoms with Gasteiger partial charge in [0.1, 0.15) is 5.60 Å². The third-order valence-corrected chi connectivity index (χ3v) is 4.78. The van der Waals surface area contributed by atoms with Gasteiger partial charge in [0.25, 0.3) is 0 Å². The van der Waals surface area contributed by atoms with Gasteiger partial charge in [-0.3, -0.25) is 4.98 Å². The molecule has 0 radical (unpaired) electrons. The Hall–Kier alpha value is -2.93. The zero-order valence-electron chi connectivity index (χ0n) is 17.6. The average Bonchev–Trinajstić information content (AvgIpc) is 2.71. The summed E-state index contributed by atoms with van der Waals surface area (Å²) in [5.41, 5.74) is 2.30. The predicted molar refractivity (Wildman–Crippen MR) is 113 cm³/mol. The molecule has 0 saturated carbocycles. The van der Waals surface area contributed by atoms with Gasteiger partial charge < -0.3 is 19.5 Å². The molecule has 160 valence electrons. The van der Waals surface area contributed by atoms with E-state index in [2.05, 4.69) is 4.98 Å². The highest BCUT2D eigenvalue weighted by molar-refractivity contribution is 5.89. The van der Waals surface area contributed by atoms with E-state index in [4.69, 9.17) is 9.47 Å². The van der Waals surface area contributed by atoms with E-state index in [1.807, 2.05) is 39.0 Å². The minimum atomic E-state index is -0.961. The first kappa shape index (κ1) is 21.8. The number of carboxylic acids is 1. The molecule has 3 rings (SSSR count). The van der Waals surface area contributed by atoms with Crippen molar-refractivity contribution in [2.75, 3.05) is 19.7 Å². The number of aromatic nitrogens is 1. The molecular weight excluding hydrogens is 384 g/mol. The molecule has 0 spiro atoms. The fourth-order valence-electron chi connectivity index (χ4n) is 3.31. The minimum Gasteiger partial charge on any atom is -0.478 e. The van der Waals surface area contributed by atoms with Crippen LogP contribution in [0.25, 0.3) is 11.3 Å². The highest BCUT2D eigenvalue weighted by Gasteiger charge is 2.28. The third kappa shape index (κ3) is 6.03. The number of hydrogen-bond acceptors (Lipinski definition) is 5. The largest absolute Gasteiger partial charge is 0.478 e. The summed E-state index contributed by atoms with van der Waals surface area (Å²) < 4.78 is 11.3. The summed E-state index contributed by atoms with van der Waals surface area (Å²) in [4.78, 5) is 29.6. The van der Waals surface area contributed by atoms with E-state index in [1.165, 1.54) is 0 Å². The number of pyridine rings is 1. The van der Waals surface area contributed by atoms with Gasteiger partial charge in [0.2, 0.25) is 0 Å². The van der Waals surface area contributed by atoms with Crippen LogP contribution in [0.4, 0.5) is 4.79 Å². The standard InChI is InChI=1S/C23H28N2O5/c1-23(2,3)30-22(28)25-11-12-29-19(15-25)8-7-16-9-10-24-20(13-16)17-5-4-6-18(14-17)21(26)27/h4-6,9-10,13-14,19H,7-8,11-12,15H2,1-3H3,(H,26,27). The third-order valence-electron chi connectivity index (χ3n) is 4.78. The molecule has 1 unspecified atom stereocenters. The first-order chi connectivity index (χ1) is 14.2. The molecule has 1 amide bonds. The van der Waals surface area contributed by atoms with Crippen LogP contribution >= 0.6 is 0 Å². The summed E-state index contributed by atoms with van der Waals surface area (Å²) in [7, 11) is 0. The number of morpholine rings is 1. The smallest absolute Gasteiger partial charge is 0.410 e. The van der Waals surface area contributed by atoms with Crippen LogP contribution in [0.5, 0.6) is 0 Å². The number of benzene rings is 1. The van der Waals surface area contributed by atoms with Gasteiger partial charge in [-0.05, 0) is 63.4 Å². The van der Waals surface area contributed by atoms with Crippen molar-refractivity contribution >= 4 is 12.1 Å². The second kappa shape index (κ2) is 9.26. The lowest BCUT2D eigenvalue weighted by Gasteiger charge is -2.34. The van der Waals surface area contributed by atoms with Crippen LogP contribution in [0.3, 0.4) is 0 Å². The quantitative estimate of drug-likeness (QED) is 0.798. The minimum absolute atomic E-state index is 0.0572. The van der Waals surface area contributed by atoms with E-state index < -0.39 is 11.6 Å². The predicted octanol–water partition coefficient (Wildman–Crippen LogP) is 4.02. The zero-order chi connectivity index (χ0) is 21.7. The summed E-state index contributed by atoms with van der Waals surface area (Å²) >= 11 is 0. The Kier molecular flexibility index (Phi) is 6.72. The van der Waals surface area contributed by atoms with E-state index in [0.29, 0.717) is 19.7 Å². The van der Waals surface area contributed by atoms with Crippen LogP contribution in [0.2, 0.25) is 0 Å². The molecule has 1 aliphatic heterocycles. The Bertz CT molecular complexity index is 906. The van der Waals surface area contributed by atoms with Gasteiger partial charge in [-0.25, -0.2) is 9.59 Å². The van der Waals surface area contributed by atoms with Crippen LogP contribution in [0, 0.1) is 0 Å². The maximum absolute atomic E-state index is 12.3. The number of aromatic carboxylic acids is 1. The van der Waals surface area contributed by atoms with Gasteiger partial charge >= 0.3 is 12.1 Å². The van der Waals surface area contributed by atoms with Crippen LogP contribution in [-0.4, -0.2) is 58.5 Å². The van der Waals surface area contributed by atoms with Crippen molar-refractivity contribution in [1.29, 1.82) is 0 Å². The number of carbonyl (C=O) groups excluding carboxylic acids is 1. The van der Waals surface area contributed by atoms with Crippen molar-refractivity contribution in [3.8, 4) is 11.3 Å². The molecule has 0 aliphatic carbocycles. The van der Waals surface area contributed by atoms with Crippen LogP contribution in [0.15, 0.2) is 42.6 Å². The summed E-state index contributed by atoms with van der Waals surface area (Å²) in [5, 5.41) is 9.19. The lowest BCUT2D eigenvalue weighted by molar-refractivity contribution is -0.0443. The lowest BCUT2D eigenvalue weighted by Crippen LogP contribution is -2.47. The van der Waals surface area contributed by atoms with Crippen LogP contribution < -0.4 is 0 Å². The molecule has 1 N–H and O–H groups in total. The van der Waals surface area contributed by atoms with Gasteiger partial charge in [-0.15, -0.1) is 0 Å². The van der Waals surface area contributed by atoms with Crippen molar-refractivity contribution < 1.29 is 24.2 Å². The first-order valence-corrected chi connectivity index (χ1v) is 10.1. The molecular formula is C23H28N2O5. The van der Waals surface area contributed by atoms with Crippen molar-refractivity contribution in [2.24, 2.45) is 0 Å². The molecule has 30 heavy (non-hydrogen) atoms. The molecule has 1 aliphatic rings. The Morgan fingerprint density at radius 3 is 2.80 bits per heavy atom. The zero-order valence-corrected chi connectivity index (χ0v) is 17.6. The number of ether oxygens (including phenoxy) is 2. The van der Waals surface area contributed by atoms with Gasteiger partial charge in [-0.2, -0.15) is 0 Å². The number of amides is 1. The van der Waals surface area contributed by atoms with Gasteiger partial charge in [0.15, 0.2) is 0 Å². The summed E-state index contributed by atoms with van der Waals surface area (Å²) in [6.07, 6.45) is 2.89. The average molecular weight is 412 g/mol. The molecule has 1 aromatic heterocycles. The van der Waals surface area contributed by atoms with E-state index in [9.17, 15) is 14.7 Å². The first-order valence-electron chi connectivity index (χ1n) is 10.1. The van der Waals surface area contributed by atoms with Crippen LogP contribution in [0.1, 0.15) is 43.1 Å². The van der Waals surface area contributed by atoms with Gasteiger partial charge in [0.05, 0.1) is 30.5 Å². The Morgan fingerprint density at radius 2 is 2.07 bits per heavy atom. The summed E-state index contributed by atoms with van der Waals surface area (Å²) in [6, 6.07) is 10.7. The van der Waals surface area contributed by atoms with Crippen molar-refractivity contribution in [3.63, 3.8) is 0 Å². The number of aryl methyl sites for hydroxylation is 1. The molecule has 2 heterocycles. The van der Waals surface area contributed by atoms with Crippen molar-refractivity contribution in [2.45, 2.75) is 45.3 Å². The number of carboxylic acid groups (broad SMARTS) is 1. The van der Waals surface area contributed by atoms with Crippen LogP contribution in [-0.2, 0) is 15.9 Å². The molecule has 1 fully saturated rings. The highest BCUT2D eigenvalue weighted by atomic mass is 16.6. The van der Waals surface area contributed by atoms with Crippen molar-refractivity contribution in [1.82, 2.24) is 9.88 Å². The lowest BCUT2D eigenvalue weighted by atomic mass is 10.0. The van der Waals surface area contributed by atoms with Gasteiger partial charge in [-0.1, -0.05) is 12.1 Å². The van der Waals surface area contributed by atoms with E-state index in [0.717, 1.165) is 29.7 Å². The highest BCUT2D eigenvalue weighted by Crippen LogP contribution is 2.21. The van der Waals surface area contributed by atoms with Crippen molar-refractivity contribution in [3.05, 3.63) is 53.7 Å². The maximum atomic E-state index is 12.3. The summed E-state index contributed by atoms with van der Waals surface area (Å²) in [5.74, 6) is -0.961. The second-order valence-electron chi connectivity index (χ2n) is 8.39. The number of nitrogens with zero attached hydrogens (tertiary/aromatic N) is 2. The molecule has 1 aromatic carbocycles. The van der Waals surface area contributed by atoms with E-state index in [-0.39, 0.29) is 17.8 Å². The Morgan fingerprint density at radius 1 is 1.27 bits per heavy atom. The number of rotatable bonds is 5. The molecule has 7 nitrogen and oxygen atoms in total. The molecule has 7 heteroatoms. The molecule has 0 bridgehead atoms. The summed E-state index contributed by atoms with van der Waals surface area (Å²) in [6.45, 7) is 7.10. The van der Waals surface area contributed by atoms with E-state index in [1.54, 1.807) is 29.3 Å². The Balaban J connectivity index is 1.61. The number of carbonyl (C=O) groups is 2. The number of hydrogen-bond donors (Lipinski definition) is 1. The fraction of sp³-hybridized carbons (Fsp3) is 0.435. The fourth-order valence-corrected chi connectivity index (χ4v) is 3.31. The normalized spacial score (nSPS) is 16.9. The van der Waals surface area contributed by atoms with E-state index >= 15 is 0 Å². The molecule has 2 aromatic rings. The molecule has 1 saturated heterocycles. The molecule has 1 atom stereocenters. The SMILES string of the molecule is CC(C)(C)OC(=O)N1CCOC(CCc2ccnc(-c3cccc(C(=O)O)c3)c2)C1. The second-order valence-corrected chi connectivity index (χ2v) is 8.39. The topological polar surface area (TPSA) is 89.0 Å². The monoisotopic (exact) mass is 412 g/mol.